The lowest BCUT2D eigenvalue weighted by molar-refractivity contribution is 0.0625. The van der Waals surface area contributed by atoms with E-state index in [4.69, 9.17) is 0 Å². The highest BCUT2D eigenvalue weighted by molar-refractivity contribution is 4.96. The number of rotatable bonds is 4. The van der Waals surface area contributed by atoms with Crippen molar-refractivity contribution >= 4 is 0 Å². The lowest BCUT2D eigenvalue weighted by Gasteiger charge is -2.45. The fourth-order valence-corrected chi connectivity index (χ4v) is 5.63. The summed E-state index contributed by atoms with van der Waals surface area (Å²) in [5.74, 6) is 1.97. The lowest BCUT2D eigenvalue weighted by atomic mass is 9.69. The molecule has 3 rings (SSSR count). The minimum absolute atomic E-state index is 0.568. The molecule has 2 saturated carbocycles. The van der Waals surface area contributed by atoms with Crippen LogP contribution in [0, 0.1) is 17.3 Å². The van der Waals surface area contributed by atoms with Gasteiger partial charge in [-0.15, -0.1) is 0 Å². The van der Waals surface area contributed by atoms with Crippen LogP contribution < -0.4 is 5.32 Å². The summed E-state index contributed by atoms with van der Waals surface area (Å²) >= 11 is 0. The van der Waals surface area contributed by atoms with Crippen LogP contribution in [-0.4, -0.2) is 37.6 Å². The topological polar surface area (TPSA) is 15.3 Å². The van der Waals surface area contributed by atoms with E-state index >= 15 is 0 Å². The molecule has 1 saturated heterocycles. The zero-order valence-electron chi connectivity index (χ0n) is 13.7. The van der Waals surface area contributed by atoms with Crippen LogP contribution in [-0.2, 0) is 0 Å². The Bertz CT molecular complexity index is 313. The number of likely N-dealkylation sites (tertiary alicyclic amines) is 1. The summed E-state index contributed by atoms with van der Waals surface area (Å²) in [6.07, 6.45) is 13.2. The van der Waals surface area contributed by atoms with Gasteiger partial charge in [0.05, 0.1) is 0 Å². The maximum atomic E-state index is 3.52. The quantitative estimate of drug-likeness (QED) is 0.844. The first-order valence-electron chi connectivity index (χ1n) is 9.11. The Morgan fingerprint density at radius 1 is 1.10 bits per heavy atom. The third-order valence-corrected chi connectivity index (χ3v) is 6.40. The average Bonchev–Trinajstić information content (AvgIpc) is 2.82. The summed E-state index contributed by atoms with van der Waals surface area (Å²) in [5.41, 5.74) is 0.568. The van der Waals surface area contributed by atoms with Crippen molar-refractivity contribution in [3.8, 4) is 0 Å². The molecule has 0 amide bonds. The standard InChI is InChI=1S/C18H34N2/c1-15-6-5-10-18(12-15,13-19-2)14-20-11-9-16-7-3-4-8-17(16)20/h15-17,19H,3-14H2,1-2H3. The third kappa shape index (κ3) is 3.06. The monoisotopic (exact) mass is 278 g/mol. The summed E-state index contributed by atoms with van der Waals surface area (Å²) in [6, 6.07) is 0.940. The molecular weight excluding hydrogens is 244 g/mol. The van der Waals surface area contributed by atoms with E-state index in [0.717, 1.165) is 17.9 Å². The maximum absolute atomic E-state index is 3.52. The van der Waals surface area contributed by atoms with Gasteiger partial charge in [0.15, 0.2) is 0 Å². The van der Waals surface area contributed by atoms with Crippen molar-refractivity contribution in [2.24, 2.45) is 17.3 Å². The van der Waals surface area contributed by atoms with Crippen molar-refractivity contribution in [2.45, 2.75) is 70.8 Å². The molecule has 0 radical (unpaired) electrons. The molecule has 4 unspecified atom stereocenters. The second kappa shape index (κ2) is 6.36. The first-order valence-corrected chi connectivity index (χ1v) is 9.11. The Balaban J connectivity index is 1.66. The lowest BCUT2D eigenvalue weighted by Crippen LogP contribution is -2.48. The molecule has 1 heterocycles. The molecule has 4 atom stereocenters. The van der Waals surface area contributed by atoms with Gasteiger partial charge in [0.2, 0.25) is 0 Å². The second-order valence-corrected chi connectivity index (χ2v) is 8.10. The Labute approximate surface area is 125 Å². The van der Waals surface area contributed by atoms with Gasteiger partial charge in [-0.1, -0.05) is 32.6 Å². The number of hydrogen-bond donors (Lipinski definition) is 1. The van der Waals surface area contributed by atoms with Gasteiger partial charge < -0.3 is 5.32 Å². The molecule has 2 nitrogen and oxygen atoms in total. The van der Waals surface area contributed by atoms with Crippen LogP contribution in [0.3, 0.4) is 0 Å². The van der Waals surface area contributed by atoms with E-state index in [-0.39, 0.29) is 0 Å². The van der Waals surface area contributed by atoms with Crippen molar-refractivity contribution in [1.29, 1.82) is 0 Å². The molecule has 1 N–H and O–H groups in total. The highest BCUT2D eigenvalue weighted by Crippen LogP contribution is 2.43. The van der Waals surface area contributed by atoms with E-state index in [1.165, 1.54) is 77.4 Å². The Morgan fingerprint density at radius 2 is 1.95 bits per heavy atom. The largest absolute Gasteiger partial charge is 0.319 e. The summed E-state index contributed by atoms with van der Waals surface area (Å²) in [4.78, 5) is 2.90. The third-order valence-electron chi connectivity index (χ3n) is 6.40. The van der Waals surface area contributed by atoms with Crippen LogP contribution in [0.2, 0.25) is 0 Å². The van der Waals surface area contributed by atoms with Gasteiger partial charge in [-0.05, 0) is 62.9 Å². The second-order valence-electron chi connectivity index (χ2n) is 8.10. The Hall–Kier alpha value is -0.0800. The zero-order valence-corrected chi connectivity index (χ0v) is 13.7. The van der Waals surface area contributed by atoms with Crippen LogP contribution in [0.1, 0.15) is 64.7 Å². The summed E-state index contributed by atoms with van der Waals surface area (Å²) in [7, 11) is 2.15. The SMILES string of the molecule is CNCC1(CN2CCC3CCCCC32)CCCC(C)C1. The molecule has 2 heteroatoms. The molecule has 3 aliphatic rings. The van der Waals surface area contributed by atoms with Crippen LogP contribution in [0.4, 0.5) is 0 Å². The number of fused-ring (bicyclic) bond motifs is 1. The number of nitrogens with one attached hydrogen (secondary N) is 1. The van der Waals surface area contributed by atoms with E-state index in [0.29, 0.717) is 5.41 Å². The van der Waals surface area contributed by atoms with Crippen molar-refractivity contribution in [1.82, 2.24) is 10.2 Å². The molecule has 3 fully saturated rings. The molecule has 0 spiro atoms. The molecule has 20 heavy (non-hydrogen) atoms. The highest BCUT2D eigenvalue weighted by Gasteiger charge is 2.41. The Morgan fingerprint density at radius 3 is 2.75 bits per heavy atom. The van der Waals surface area contributed by atoms with Crippen molar-refractivity contribution < 1.29 is 0 Å². The molecule has 2 aliphatic carbocycles. The van der Waals surface area contributed by atoms with Crippen molar-refractivity contribution in [3.05, 3.63) is 0 Å². The van der Waals surface area contributed by atoms with Gasteiger partial charge in [0.1, 0.15) is 0 Å². The van der Waals surface area contributed by atoms with E-state index in [1.807, 2.05) is 0 Å². The van der Waals surface area contributed by atoms with Gasteiger partial charge in [-0.25, -0.2) is 0 Å². The predicted octanol–water partition coefficient (Wildman–Crippen LogP) is 3.67. The summed E-state index contributed by atoms with van der Waals surface area (Å²) in [6.45, 7) is 6.46. The van der Waals surface area contributed by atoms with Crippen LogP contribution in [0.5, 0.6) is 0 Å². The fraction of sp³-hybridized carbons (Fsp3) is 1.00. The fourth-order valence-electron chi connectivity index (χ4n) is 5.63. The molecular formula is C18H34N2. The summed E-state index contributed by atoms with van der Waals surface area (Å²) in [5, 5.41) is 3.52. The molecule has 0 bridgehead atoms. The van der Waals surface area contributed by atoms with E-state index < -0.39 is 0 Å². The normalized spacial score (nSPS) is 42.6. The molecule has 116 valence electrons. The smallest absolute Gasteiger partial charge is 0.0124 e. The number of hydrogen-bond acceptors (Lipinski definition) is 2. The van der Waals surface area contributed by atoms with E-state index in [9.17, 15) is 0 Å². The molecule has 1 aliphatic heterocycles. The number of nitrogens with zero attached hydrogens (tertiary/aromatic N) is 1. The Kier molecular flexibility index (Phi) is 4.72. The van der Waals surface area contributed by atoms with Crippen molar-refractivity contribution in [2.75, 3.05) is 26.7 Å². The van der Waals surface area contributed by atoms with E-state index in [1.54, 1.807) is 0 Å². The maximum Gasteiger partial charge on any atom is 0.0124 e. The molecule has 0 aromatic rings. The summed E-state index contributed by atoms with van der Waals surface area (Å²) < 4.78 is 0. The minimum Gasteiger partial charge on any atom is -0.319 e. The average molecular weight is 278 g/mol. The van der Waals surface area contributed by atoms with Crippen molar-refractivity contribution in [3.63, 3.8) is 0 Å². The van der Waals surface area contributed by atoms with E-state index in [2.05, 4.69) is 24.2 Å². The van der Waals surface area contributed by atoms with Crippen LogP contribution >= 0.6 is 0 Å². The first-order chi connectivity index (χ1) is 9.72. The van der Waals surface area contributed by atoms with Gasteiger partial charge in [-0.3, -0.25) is 4.90 Å². The molecule has 0 aromatic carbocycles. The van der Waals surface area contributed by atoms with Gasteiger partial charge in [0, 0.05) is 19.1 Å². The minimum atomic E-state index is 0.568. The van der Waals surface area contributed by atoms with Gasteiger partial charge in [-0.2, -0.15) is 0 Å². The van der Waals surface area contributed by atoms with Crippen LogP contribution in [0.25, 0.3) is 0 Å². The van der Waals surface area contributed by atoms with Gasteiger partial charge >= 0.3 is 0 Å². The van der Waals surface area contributed by atoms with Crippen LogP contribution in [0.15, 0.2) is 0 Å². The first kappa shape index (κ1) is 14.8. The predicted molar refractivity (Wildman–Crippen MR) is 85.9 cm³/mol. The highest BCUT2D eigenvalue weighted by atomic mass is 15.2. The van der Waals surface area contributed by atoms with Gasteiger partial charge in [0.25, 0.3) is 0 Å². The zero-order chi connectivity index (χ0) is 14.0. The molecule has 0 aromatic heterocycles.